The van der Waals surface area contributed by atoms with Crippen LogP contribution in [0.15, 0.2) is 219 Å². The Morgan fingerprint density at radius 1 is 0.468 bits per heavy atom. The first kappa shape index (κ1) is 36.2. The van der Waals surface area contributed by atoms with Gasteiger partial charge in [0.25, 0.3) is 0 Å². The van der Waals surface area contributed by atoms with Crippen LogP contribution in [0.25, 0.3) is 97.5 Å². The SMILES string of the molecule is C=C/C=C(\c1sc2ccccc2c1C)N(c1ccc(-c2ccc3c(c2)c2ccccc2n3-c2ccc3ccccc3c2)cc1)c1ccc2c3ccccc3c3ccccc3c2c1. The van der Waals surface area contributed by atoms with E-state index in [1.165, 1.54) is 102 Å². The quantitative estimate of drug-likeness (QED) is 0.115. The van der Waals surface area contributed by atoms with Crippen molar-refractivity contribution < 1.29 is 0 Å². The van der Waals surface area contributed by atoms with E-state index >= 15 is 0 Å². The molecule has 2 nitrogen and oxygen atoms in total. The molecule has 0 spiro atoms. The van der Waals surface area contributed by atoms with E-state index in [4.69, 9.17) is 0 Å². The molecule has 292 valence electrons. The summed E-state index contributed by atoms with van der Waals surface area (Å²) in [7, 11) is 0. The largest absolute Gasteiger partial charge is 0.309 e. The lowest BCUT2D eigenvalue weighted by Gasteiger charge is -2.29. The molecule has 0 radical (unpaired) electrons. The fraction of sp³-hybridized carbons (Fsp3) is 0.0169. The molecule has 12 aromatic rings. The highest BCUT2D eigenvalue weighted by Crippen LogP contribution is 2.45. The Kier molecular flexibility index (Phi) is 8.45. The zero-order chi connectivity index (χ0) is 41.3. The first-order valence-corrected chi connectivity index (χ1v) is 22.0. The molecule has 0 N–H and O–H groups in total. The second-order valence-corrected chi connectivity index (χ2v) is 17.2. The number of para-hydroxylation sites is 1. The number of allylic oxidation sites excluding steroid dienone is 2. The number of hydrogen-bond acceptors (Lipinski definition) is 2. The van der Waals surface area contributed by atoms with E-state index in [1.54, 1.807) is 0 Å². The fourth-order valence-electron chi connectivity index (χ4n) is 9.79. The molecule has 0 fully saturated rings. The molecule has 0 aliphatic rings. The first-order chi connectivity index (χ1) is 30.6. The molecule has 0 bridgehead atoms. The molecule has 0 saturated heterocycles. The molecule has 2 heterocycles. The third-order valence-electron chi connectivity index (χ3n) is 12.7. The van der Waals surface area contributed by atoms with Gasteiger partial charge in [-0.05, 0) is 139 Å². The van der Waals surface area contributed by atoms with Gasteiger partial charge in [-0.2, -0.15) is 0 Å². The van der Waals surface area contributed by atoms with E-state index in [9.17, 15) is 0 Å². The molecule has 0 amide bonds. The van der Waals surface area contributed by atoms with Crippen molar-refractivity contribution in [1.29, 1.82) is 0 Å². The highest BCUT2D eigenvalue weighted by Gasteiger charge is 2.23. The van der Waals surface area contributed by atoms with Gasteiger partial charge in [0, 0.05) is 32.5 Å². The second-order valence-electron chi connectivity index (χ2n) is 16.2. The van der Waals surface area contributed by atoms with Crippen LogP contribution in [0.5, 0.6) is 0 Å². The van der Waals surface area contributed by atoms with Crippen molar-refractivity contribution in [2.75, 3.05) is 4.90 Å². The van der Waals surface area contributed by atoms with Crippen molar-refractivity contribution in [1.82, 2.24) is 4.57 Å². The normalized spacial score (nSPS) is 12.1. The van der Waals surface area contributed by atoms with Gasteiger partial charge in [0.15, 0.2) is 0 Å². The predicted octanol–water partition coefficient (Wildman–Crippen LogP) is 17.0. The number of rotatable bonds is 7. The summed E-state index contributed by atoms with van der Waals surface area (Å²) < 4.78 is 3.68. The maximum Gasteiger partial charge on any atom is 0.0636 e. The van der Waals surface area contributed by atoms with Gasteiger partial charge in [0.05, 0.1) is 21.6 Å². The Hall–Kier alpha value is -7.72. The average molecular weight is 809 g/mol. The standard InChI is InChI=1S/C59H40N2S/c1-3-14-57(59-38(2)46-17-11-13-24-58(46)62-59)60(45-32-33-51-49-20-7-6-18-47(49)48-19-8-9-21-50(48)53(51)37-45)43-29-25-40(26-30-43)42-28-34-56-54(36-42)52-22-10-12-23-55(52)61(56)44-31-27-39-15-4-5-16-41(39)35-44/h3-37H,1H2,2H3/b57-14+. The smallest absolute Gasteiger partial charge is 0.0636 e. The van der Waals surface area contributed by atoms with E-state index in [1.807, 2.05) is 17.4 Å². The van der Waals surface area contributed by atoms with E-state index in [0.29, 0.717) is 0 Å². The second kappa shape index (κ2) is 14.5. The number of benzene rings is 10. The van der Waals surface area contributed by atoms with Gasteiger partial charge in [-0.1, -0.05) is 152 Å². The number of aromatic nitrogens is 1. The Bertz CT molecular complexity index is 3750. The van der Waals surface area contributed by atoms with Crippen LogP contribution in [0.1, 0.15) is 10.4 Å². The van der Waals surface area contributed by atoms with Crippen molar-refractivity contribution in [2.24, 2.45) is 0 Å². The van der Waals surface area contributed by atoms with Crippen molar-refractivity contribution in [2.45, 2.75) is 6.92 Å². The highest BCUT2D eigenvalue weighted by molar-refractivity contribution is 7.20. The zero-order valence-electron chi connectivity index (χ0n) is 34.2. The van der Waals surface area contributed by atoms with Crippen LogP contribution in [0.4, 0.5) is 11.4 Å². The summed E-state index contributed by atoms with van der Waals surface area (Å²) in [5, 5.41) is 13.8. The van der Waals surface area contributed by atoms with Gasteiger partial charge in [-0.3, -0.25) is 0 Å². The molecule has 0 aliphatic carbocycles. The maximum atomic E-state index is 4.24. The minimum Gasteiger partial charge on any atom is -0.309 e. The van der Waals surface area contributed by atoms with E-state index in [-0.39, 0.29) is 0 Å². The number of fused-ring (bicyclic) bond motifs is 11. The molecule has 2 aromatic heterocycles. The van der Waals surface area contributed by atoms with Gasteiger partial charge < -0.3 is 9.47 Å². The Labute approximate surface area is 364 Å². The van der Waals surface area contributed by atoms with Crippen LogP contribution in [0, 0.1) is 6.92 Å². The summed E-state index contributed by atoms with van der Waals surface area (Å²) in [4.78, 5) is 3.65. The Morgan fingerprint density at radius 2 is 1.05 bits per heavy atom. The number of thiophene rings is 1. The van der Waals surface area contributed by atoms with E-state index in [0.717, 1.165) is 17.1 Å². The van der Waals surface area contributed by atoms with Crippen LogP contribution in [-0.4, -0.2) is 4.57 Å². The minimum atomic E-state index is 1.08. The molecule has 12 rings (SSSR count). The van der Waals surface area contributed by atoms with E-state index < -0.39 is 0 Å². The van der Waals surface area contributed by atoms with Gasteiger partial charge in [0.1, 0.15) is 0 Å². The van der Waals surface area contributed by atoms with Gasteiger partial charge >= 0.3 is 0 Å². The summed E-state index contributed by atoms with van der Waals surface area (Å²) in [5.74, 6) is 0. The number of aryl methyl sites for hydroxylation is 1. The lowest BCUT2D eigenvalue weighted by atomic mass is 9.94. The van der Waals surface area contributed by atoms with Crippen molar-refractivity contribution in [3.05, 3.63) is 229 Å². The van der Waals surface area contributed by atoms with Gasteiger partial charge in [-0.15, -0.1) is 11.3 Å². The zero-order valence-corrected chi connectivity index (χ0v) is 35.0. The molecular weight excluding hydrogens is 769 g/mol. The molecular formula is C59H40N2S. The lowest BCUT2D eigenvalue weighted by molar-refractivity contribution is 1.19. The van der Waals surface area contributed by atoms with Crippen molar-refractivity contribution in [3.63, 3.8) is 0 Å². The van der Waals surface area contributed by atoms with E-state index in [2.05, 4.69) is 229 Å². The predicted molar refractivity (Wildman–Crippen MR) is 270 cm³/mol. The summed E-state index contributed by atoms with van der Waals surface area (Å²) in [6.45, 7) is 6.49. The molecule has 0 unspecified atom stereocenters. The average Bonchev–Trinajstić information content (AvgIpc) is 3.85. The van der Waals surface area contributed by atoms with Crippen LogP contribution < -0.4 is 4.90 Å². The van der Waals surface area contributed by atoms with Crippen molar-refractivity contribution in [3.8, 4) is 16.8 Å². The first-order valence-electron chi connectivity index (χ1n) is 21.2. The van der Waals surface area contributed by atoms with Crippen LogP contribution in [0.3, 0.4) is 0 Å². The van der Waals surface area contributed by atoms with Crippen LogP contribution >= 0.6 is 11.3 Å². The molecule has 0 atom stereocenters. The summed E-state index contributed by atoms with van der Waals surface area (Å²) >= 11 is 1.84. The fourth-order valence-corrected chi connectivity index (χ4v) is 11.0. The summed E-state index contributed by atoms with van der Waals surface area (Å²) in [5.41, 5.74) is 10.5. The monoisotopic (exact) mass is 808 g/mol. The highest BCUT2D eigenvalue weighted by atomic mass is 32.1. The maximum absolute atomic E-state index is 4.24. The van der Waals surface area contributed by atoms with Crippen LogP contribution in [-0.2, 0) is 0 Å². The molecule has 0 aliphatic heterocycles. The Balaban J connectivity index is 1.02. The lowest BCUT2D eigenvalue weighted by Crippen LogP contribution is -2.15. The molecule has 0 saturated carbocycles. The number of anilines is 2. The summed E-state index contributed by atoms with van der Waals surface area (Å²) in [6.07, 6.45) is 4.10. The minimum absolute atomic E-state index is 1.08. The summed E-state index contributed by atoms with van der Waals surface area (Å²) in [6, 6.07) is 73.5. The number of nitrogens with zero attached hydrogens (tertiary/aromatic N) is 2. The Morgan fingerprint density at radius 3 is 1.77 bits per heavy atom. The van der Waals surface area contributed by atoms with Crippen LogP contribution in [0.2, 0.25) is 0 Å². The number of hydrogen-bond donors (Lipinski definition) is 0. The molecule has 10 aromatic carbocycles. The third kappa shape index (κ3) is 5.70. The molecule has 62 heavy (non-hydrogen) atoms. The third-order valence-corrected chi connectivity index (χ3v) is 14.0. The topological polar surface area (TPSA) is 8.17 Å². The van der Waals surface area contributed by atoms with Gasteiger partial charge in [-0.25, -0.2) is 0 Å². The van der Waals surface area contributed by atoms with Crippen molar-refractivity contribution >= 4 is 103 Å². The molecule has 3 heteroatoms. The van der Waals surface area contributed by atoms with Gasteiger partial charge in [0.2, 0.25) is 0 Å².